The molecule has 0 aliphatic carbocycles. The highest BCUT2D eigenvalue weighted by molar-refractivity contribution is 5.46. The molecule has 1 aromatic rings. The van der Waals surface area contributed by atoms with Crippen LogP contribution in [0.1, 0.15) is 32.8 Å². The molecule has 3 heteroatoms. The van der Waals surface area contributed by atoms with Crippen LogP contribution in [0.2, 0.25) is 0 Å². The molecular formula is C14H24N2O. The number of aliphatic hydroxyl groups is 1. The molecule has 0 saturated heterocycles. The van der Waals surface area contributed by atoms with Crippen molar-refractivity contribution in [3.8, 4) is 0 Å². The second-order valence-electron chi connectivity index (χ2n) is 5.40. The van der Waals surface area contributed by atoms with Crippen LogP contribution in [0.4, 0.5) is 5.69 Å². The first-order valence-corrected chi connectivity index (χ1v) is 6.17. The maximum absolute atomic E-state index is 10.1. The molecule has 96 valence electrons. The van der Waals surface area contributed by atoms with Crippen LogP contribution in [0.25, 0.3) is 0 Å². The molecule has 0 heterocycles. The smallest absolute Gasteiger partial charge is 0.0746 e. The van der Waals surface area contributed by atoms with E-state index in [4.69, 9.17) is 5.73 Å². The predicted octanol–water partition coefficient (Wildman–Crippen LogP) is 2.16. The quantitative estimate of drug-likeness (QED) is 0.663. The number of nitrogens with two attached hydrogens (primary N) is 1. The highest BCUT2D eigenvalue weighted by Crippen LogP contribution is 2.16. The Morgan fingerprint density at radius 2 is 2.00 bits per heavy atom. The second-order valence-corrected chi connectivity index (χ2v) is 5.40. The summed E-state index contributed by atoms with van der Waals surface area (Å²) in [5.74, 6) is 0.494. The Kier molecular flexibility index (Phi) is 4.97. The fourth-order valence-corrected chi connectivity index (χ4v) is 2.11. The van der Waals surface area contributed by atoms with Gasteiger partial charge in [-0.2, -0.15) is 0 Å². The van der Waals surface area contributed by atoms with Gasteiger partial charge in [-0.05, 0) is 30.9 Å². The van der Waals surface area contributed by atoms with E-state index in [1.54, 1.807) is 0 Å². The van der Waals surface area contributed by atoms with Gasteiger partial charge in [0.25, 0.3) is 0 Å². The lowest BCUT2D eigenvalue weighted by molar-refractivity contribution is 0.0383. The van der Waals surface area contributed by atoms with Gasteiger partial charge in [0, 0.05) is 18.8 Å². The number of anilines is 1. The van der Waals surface area contributed by atoms with Gasteiger partial charge >= 0.3 is 0 Å². The van der Waals surface area contributed by atoms with Crippen molar-refractivity contribution in [2.75, 3.05) is 12.3 Å². The third kappa shape index (κ3) is 5.20. The third-order valence-corrected chi connectivity index (χ3v) is 2.72. The fraction of sp³-hybridized carbons (Fsp3) is 0.571. The predicted molar refractivity (Wildman–Crippen MR) is 72.6 cm³/mol. The Labute approximate surface area is 104 Å². The summed E-state index contributed by atoms with van der Waals surface area (Å²) in [5, 5.41) is 13.4. The molecule has 0 aromatic heterocycles. The Morgan fingerprint density at radius 3 is 2.59 bits per heavy atom. The lowest BCUT2D eigenvalue weighted by Crippen LogP contribution is -2.38. The summed E-state index contributed by atoms with van der Waals surface area (Å²) >= 11 is 0. The number of nitrogens with one attached hydrogen (secondary N) is 1. The molecule has 0 radical (unpaired) electrons. The zero-order valence-electron chi connectivity index (χ0n) is 11.0. The topological polar surface area (TPSA) is 58.3 Å². The van der Waals surface area contributed by atoms with Gasteiger partial charge in [-0.25, -0.2) is 0 Å². The van der Waals surface area contributed by atoms with E-state index in [2.05, 4.69) is 19.2 Å². The van der Waals surface area contributed by atoms with Crippen molar-refractivity contribution in [2.45, 2.75) is 39.3 Å². The van der Waals surface area contributed by atoms with E-state index in [0.29, 0.717) is 19.0 Å². The maximum Gasteiger partial charge on any atom is 0.0746 e. The summed E-state index contributed by atoms with van der Waals surface area (Å²) in [5.41, 5.74) is 7.07. The van der Waals surface area contributed by atoms with Crippen LogP contribution in [-0.2, 0) is 6.54 Å². The van der Waals surface area contributed by atoms with Crippen molar-refractivity contribution in [2.24, 2.45) is 5.92 Å². The lowest BCUT2D eigenvalue weighted by Gasteiger charge is -2.25. The summed E-state index contributed by atoms with van der Waals surface area (Å²) in [4.78, 5) is 0. The molecule has 0 bridgehead atoms. The molecule has 0 saturated carbocycles. The minimum absolute atomic E-state index is 0.494. The van der Waals surface area contributed by atoms with E-state index in [-0.39, 0.29) is 0 Å². The zero-order valence-corrected chi connectivity index (χ0v) is 11.0. The van der Waals surface area contributed by atoms with Gasteiger partial charge in [0.05, 0.1) is 5.60 Å². The summed E-state index contributed by atoms with van der Waals surface area (Å²) in [6.07, 6.45) is 0.796. The molecule has 3 nitrogen and oxygen atoms in total. The summed E-state index contributed by atoms with van der Waals surface area (Å²) in [7, 11) is 0. The van der Waals surface area contributed by atoms with Gasteiger partial charge in [0.2, 0.25) is 0 Å². The Balaban J connectivity index is 2.40. The van der Waals surface area contributed by atoms with E-state index in [1.807, 2.05) is 31.2 Å². The van der Waals surface area contributed by atoms with E-state index < -0.39 is 5.60 Å². The van der Waals surface area contributed by atoms with E-state index in [0.717, 1.165) is 17.7 Å². The molecule has 1 aromatic carbocycles. The number of para-hydroxylation sites is 1. The van der Waals surface area contributed by atoms with Crippen molar-refractivity contribution in [1.82, 2.24) is 5.32 Å². The van der Waals surface area contributed by atoms with Crippen molar-refractivity contribution in [3.05, 3.63) is 29.8 Å². The van der Waals surface area contributed by atoms with E-state index in [1.165, 1.54) is 0 Å². The number of rotatable bonds is 6. The van der Waals surface area contributed by atoms with Crippen molar-refractivity contribution < 1.29 is 5.11 Å². The zero-order chi connectivity index (χ0) is 12.9. The highest BCUT2D eigenvalue weighted by Gasteiger charge is 2.21. The first-order chi connectivity index (χ1) is 7.91. The molecule has 4 N–H and O–H groups in total. The van der Waals surface area contributed by atoms with E-state index >= 15 is 0 Å². The Bertz CT molecular complexity index is 348. The van der Waals surface area contributed by atoms with Crippen LogP contribution in [0.15, 0.2) is 24.3 Å². The summed E-state index contributed by atoms with van der Waals surface area (Å²) in [6.45, 7) is 7.38. The van der Waals surface area contributed by atoms with Gasteiger partial charge < -0.3 is 16.2 Å². The lowest BCUT2D eigenvalue weighted by atomic mass is 9.94. The first kappa shape index (κ1) is 14.0. The molecule has 0 fully saturated rings. The molecule has 1 unspecified atom stereocenters. The largest absolute Gasteiger partial charge is 0.398 e. The first-order valence-electron chi connectivity index (χ1n) is 6.17. The molecule has 17 heavy (non-hydrogen) atoms. The number of nitrogen functional groups attached to an aromatic ring is 1. The second kappa shape index (κ2) is 6.03. The normalized spacial score (nSPS) is 14.9. The van der Waals surface area contributed by atoms with Gasteiger partial charge in [-0.1, -0.05) is 32.0 Å². The monoisotopic (exact) mass is 236 g/mol. The molecule has 0 spiro atoms. The molecule has 0 aliphatic heterocycles. The van der Waals surface area contributed by atoms with Crippen molar-refractivity contribution in [3.63, 3.8) is 0 Å². The minimum atomic E-state index is -0.655. The average molecular weight is 236 g/mol. The highest BCUT2D eigenvalue weighted by atomic mass is 16.3. The van der Waals surface area contributed by atoms with Gasteiger partial charge in [0.15, 0.2) is 0 Å². The fourth-order valence-electron chi connectivity index (χ4n) is 2.11. The van der Waals surface area contributed by atoms with Crippen molar-refractivity contribution in [1.29, 1.82) is 0 Å². The van der Waals surface area contributed by atoms with Crippen LogP contribution in [0.5, 0.6) is 0 Å². The Hall–Kier alpha value is -1.06. The molecular weight excluding hydrogens is 212 g/mol. The summed E-state index contributed by atoms with van der Waals surface area (Å²) in [6, 6.07) is 7.79. The Morgan fingerprint density at radius 1 is 1.35 bits per heavy atom. The molecule has 1 atom stereocenters. The van der Waals surface area contributed by atoms with Gasteiger partial charge in [0.1, 0.15) is 0 Å². The standard InChI is InChI=1S/C14H24N2O/c1-11(2)8-14(3,17)10-16-9-12-6-4-5-7-13(12)15/h4-7,11,16-17H,8-10,15H2,1-3H3. The average Bonchev–Trinajstić information content (AvgIpc) is 2.18. The number of hydrogen-bond donors (Lipinski definition) is 3. The summed E-state index contributed by atoms with van der Waals surface area (Å²) < 4.78 is 0. The molecule has 0 aliphatic rings. The van der Waals surface area contributed by atoms with E-state index in [9.17, 15) is 5.11 Å². The molecule has 1 rings (SSSR count). The maximum atomic E-state index is 10.1. The van der Waals surface area contributed by atoms with Crippen LogP contribution in [0, 0.1) is 5.92 Å². The number of hydrogen-bond acceptors (Lipinski definition) is 3. The minimum Gasteiger partial charge on any atom is -0.398 e. The molecule has 0 amide bonds. The number of benzene rings is 1. The van der Waals surface area contributed by atoms with Crippen LogP contribution >= 0.6 is 0 Å². The SMILES string of the molecule is CC(C)CC(C)(O)CNCc1ccccc1N. The van der Waals surface area contributed by atoms with Gasteiger partial charge in [-0.15, -0.1) is 0 Å². The van der Waals surface area contributed by atoms with Crippen LogP contribution in [-0.4, -0.2) is 17.3 Å². The van der Waals surface area contributed by atoms with Gasteiger partial charge in [-0.3, -0.25) is 0 Å². The van der Waals surface area contributed by atoms with Crippen molar-refractivity contribution >= 4 is 5.69 Å². The van der Waals surface area contributed by atoms with Crippen LogP contribution < -0.4 is 11.1 Å². The third-order valence-electron chi connectivity index (χ3n) is 2.72. The van der Waals surface area contributed by atoms with Crippen LogP contribution in [0.3, 0.4) is 0 Å².